The number of hydrogen-bond acceptors (Lipinski definition) is 4. The van der Waals surface area contributed by atoms with E-state index in [0.29, 0.717) is 12.1 Å². The molecule has 0 aliphatic carbocycles. The van der Waals surface area contributed by atoms with Gasteiger partial charge in [-0.1, -0.05) is 18.2 Å². The molecule has 1 heterocycles. The summed E-state index contributed by atoms with van der Waals surface area (Å²) in [6, 6.07) is 4.11. The second-order valence-electron chi connectivity index (χ2n) is 6.87. The predicted octanol–water partition coefficient (Wildman–Crippen LogP) is 4.09. The van der Waals surface area contributed by atoms with Gasteiger partial charge >= 0.3 is 5.97 Å². The number of rotatable bonds is 8. The molecule has 0 atom stereocenters. The summed E-state index contributed by atoms with van der Waals surface area (Å²) in [5.41, 5.74) is -0.766. The number of nitrogens with zero attached hydrogens (tertiary/aromatic N) is 1. The largest absolute Gasteiger partial charge is 0.507 e. The molecule has 0 fully saturated rings. The lowest BCUT2D eigenvalue weighted by atomic mass is 10.0. The zero-order valence-electron chi connectivity index (χ0n) is 17.2. The number of benzene rings is 1. The molecule has 6 nitrogen and oxygen atoms in total. The Morgan fingerprint density at radius 2 is 1.84 bits per heavy atom. The van der Waals surface area contributed by atoms with Gasteiger partial charge in [-0.3, -0.25) is 9.59 Å². The maximum Gasteiger partial charge on any atom is 0.376 e. The number of carboxylic acids is 1. The van der Waals surface area contributed by atoms with Crippen molar-refractivity contribution < 1.29 is 33.0 Å². The number of hydrogen-bond donors (Lipinski definition) is 2. The summed E-state index contributed by atoms with van der Waals surface area (Å²) in [7, 11) is 0. The Balaban J connectivity index is 2.65. The third-order valence-corrected chi connectivity index (χ3v) is 4.46. The van der Waals surface area contributed by atoms with E-state index in [0.717, 1.165) is 16.7 Å². The van der Waals surface area contributed by atoms with Crippen molar-refractivity contribution in [2.45, 2.75) is 26.8 Å². The number of aliphatic carboxylic acids is 1. The summed E-state index contributed by atoms with van der Waals surface area (Å²) in [4.78, 5) is 35.0. The molecule has 9 heteroatoms. The van der Waals surface area contributed by atoms with Gasteiger partial charge in [0.2, 0.25) is 0 Å². The Labute approximate surface area is 181 Å². The van der Waals surface area contributed by atoms with E-state index in [1.165, 1.54) is 25.3 Å². The highest BCUT2D eigenvalue weighted by Crippen LogP contribution is 2.18. The number of aliphatic hydroxyl groups is 1. The Kier molecular flexibility index (Phi) is 7.95. The summed E-state index contributed by atoms with van der Waals surface area (Å²) < 4.78 is 42.2. The van der Waals surface area contributed by atoms with Gasteiger partial charge in [0.05, 0.1) is 12.1 Å². The van der Waals surface area contributed by atoms with E-state index < -0.39 is 46.1 Å². The van der Waals surface area contributed by atoms with Gasteiger partial charge < -0.3 is 14.8 Å². The Morgan fingerprint density at radius 1 is 1.16 bits per heavy atom. The van der Waals surface area contributed by atoms with E-state index in [1.54, 1.807) is 13.0 Å². The fraction of sp³-hybridized carbons (Fsp3) is 0.174. The lowest BCUT2D eigenvalue weighted by Gasteiger charge is -2.13. The molecule has 168 valence electrons. The zero-order valence-corrected chi connectivity index (χ0v) is 17.2. The number of aromatic nitrogens is 1. The molecule has 32 heavy (non-hydrogen) atoms. The standard InChI is InChI=1S/C23H20F3NO5/c1-3-4-16(13(2)24)12-27-11-14(7-15-5-6-17(25)9-19(15)26)8-18(22(27)30)20(28)10-21(29)23(31)32/h3-6,8-11,28H,7,12H2,1-2H3,(H,31,32)/b4-3-,16-13-,20-10?. The summed E-state index contributed by atoms with van der Waals surface area (Å²) in [6.07, 6.45) is 4.56. The van der Waals surface area contributed by atoms with E-state index in [-0.39, 0.29) is 29.7 Å². The molecule has 0 spiro atoms. The van der Waals surface area contributed by atoms with Crippen molar-refractivity contribution in [1.82, 2.24) is 4.57 Å². The summed E-state index contributed by atoms with van der Waals surface area (Å²) >= 11 is 0. The van der Waals surface area contributed by atoms with E-state index in [2.05, 4.69) is 0 Å². The third kappa shape index (κ3) is 6.07. The Morgan fingerprint density at radius 3 is 2.41 bits per heavy atom. The van der Waals surface area contributed by atoms with E-state index in [4.69, 9.17) is 5.11 Å². The molecule has 2 N–H and O–H groups in total. The molecule has 1 aromatic carbocycles. The SMILES string of the molecule is C/C=C\C(Cn1cc(Cc2ccc(F)cc2F)cc(C(O)=CC(=O)C(=O)O)c1=O)=C(/C)F. The molecule has 0 amide bonds. The highest BCUT2D eigenvalue weighted by Gasteiger charge is 2.17. The van der Waals surface area contributed by atoms with Gasteiger partial charge in [0.1, 0.15) is 23.2 Å². The average Bonchev–Trinajstić information content (AvgIpc) is 2.71. The third-order valence-electron chi connectivity index (χ3n) is 4.46. The van der Waals surface area contributed by atoms with Crippen LogP contribution in [0.5, 0.6) is 0 Å². The maximum absolute atomic E-state index is 14.1. The number of carbonyl (C=O) groups excluding carboxylic acids is 1. The van der Waals surface area contributed by atoms with Gasteiger partial charge in [0.25, 0.3) is 11.3 Å². The van der Waals surface area contributed by atoms with Crippen molar-refractivity contribution in [2.75, 3.05) is 0 Å². The molecule has 0 aliphatic rings. The second-order valence-corrected chi connectivity index (χ2v) is 6.87. The first-order valence-electron chi connectivity index (χ1n) is 9.37. The first-order chi connectivity index (χ1) is 15.0. The van der Waals surface area contributed by atoms with Gasteiger partial charge in [-0.25, -0.2) is 18.0 Å². The second kappa shape index (κ2) is 10.4. The van der Waals surface area contributed by atoms with Crippen LogP contribution in [0, 0.1) is 11.6 Å². The van der Waals surface area contributed by atoms with Gasteiger partial charge in [0, 0.05) is 30.3 Å². The summed E-state index contributed by atoms with van der Waals surface area (Å²) in [5, 5.41) is 18.9. The van der Waals surface area contributed by atoms with Gasteiger partial charge in [-0.15, -0.1) is 0 Å². The number of carbonyl (C=O) groups is 2. The lowest BCUT2D eigenvalue weighted by molar-refractivity contribution is -0.146. The van der Waals surface area contributed by atoms with Crippen LogP contribution in [0.1, 0.15) is 30.5 Å². The topological polar surface area (TPSA) is 96.6 Å². The fourth-order valence-corrected chi connectivity index (χ4v) is 2.91. The Hall–Kier alpha value is -3.88. The lowest BCUT2D eigenvalue weighted by Crippen LogP contribution is -2.25. The van der Waals surface area contributed by atoms with Crippen molar-refractivity contribution in [3.8, 4) is 0 Å². The van der Waals surface area contributed by atoms with Crippen LogP contribution in [0.25, 0.3) is 5.76 Å². The number of halogens is 3. The molecule has 0 aliphatic heterocycles. The number of allylic oxidation sites excluding steroid dienone is 4. The highest BCUT2D eigenvalue weighted by atomic mass is 19.1. The van der Waals surface area contributed by atoms with Gasteiger partial charge in [0.15, 0.2) is 0 Å². The highest BCUT2D eigenvalue weighted by molar-refractivity contribution is 6.38. The van der Waals surface area contributed by atoms with Crippen LogP contribution < -0.4 is 5.56 Å². The average molecular weight is 447 g/mol. The minimum Gasteiger partial charge on any atom is -0.507 e. The number of ketones is 1. The molecule has 0 bridgehead atoms. The predicted molar refractivity (Wildman–Crippen MR) is 112 cm³/mol. The molecular weight excluding hydrogens is 427 g/mol. The molecule has 2 rings (SSSR count). The van der Waals surface area contributed by atoms with Crippen LogP contribution in [-0.4, -0.2) is 26.5 Å². The normalized spacial score (nSPS) is 12.7. The molecule has 0 unspecified atom stereocenters. The van der Waals surface area contributed by atoms with Crippen molar-refractivity contribution in [3.63, 3.8) is 0 Å². The first kappa shape index (κ1) is 24.4. The fourth-order valence-electron chi connectivity index (χ4n) is 2.91. The number of aliphatic hydroxyl groups excluding tert-OH is 1. The quantitative estimate of drug-likeness (QED) is 0.275. The molecular formula is C23H20F3NO5. The number of pyridine rings is 1. The minimum absolute atomic E-state index is 0.0820. The van der Waals surface area contributed by atoms with Crippen LogP contribution in [0.15, 0.2) is 64.9 Å². The van der Waals surface area contributed by atoms with Gasteiger partial charge in [-0.2, -0.15) is 0 Å². The van der Waals surface area contributed by atoms with Crippen LogP contribution in [0.2, 0.25) is 0 Å². The molecule has 1 aromatic heterocycles. The van der Waals surface area contributed by atoms with Crippen molar-refractivity contribution in [1.29, 1.82) is 0 Å². The summed E-state index contributed by atoms with van der Waals surface area (Å²) in [6.45, 7) is 2.59. The Bertz CT molecular complexity index is 1200. The molecule has 0 radical (unpaired) electrons. The molecule has 2 aromatic rings. The van der Waals surface area contributed by atoms with Crippen molar-refractivity contribution in [2.24, 2.45) is 0 Å². The van der Waals surface area contributed by atoms with Crippen LogP contribution in [0.4, 0.5) is 13.2 Å². The van der Waals surface area contributed by atoms with Crippen molar-refractivity contribution >= 4 is 17.5 Å². The van der Waals surface area contributed by atoms with E-state index >= 15 is 0 Å². The summed E-state index contributed by atoms with van der Waals surface area (Å²) in [5.74, 6) is -6.38. The van der Waals surface area contributed by atoms with Crippen molar-refractivity contribution in [3.05, 3.63) is 98.8 Å². The minimum atomic E-state index is -1.84. The first-order valence-corrected chi connectivity index (χ1v) is 9.37. The van der Waals surface area contributed by atoms with Gasteiger partial charge in [-0.05, 0) is 37.1 Å². The van der Waals surface area contributed by atoms with E-state index in [1.807, 2.05) is 0 Å². The maximum atomic E-state index is 14.1. The van der Waals surface area contributed by atoms with Crippen LogP contribution >= 0.6 is 0 Å². The molecule has 0 saturated heterocycles. The van der Waals surface area contributed by atoms with Crippen LogP contribution in [-0.2, 0) is 22.6 Å². The van der Waals surface area contributed by atoms with E-state index in [9.17, 15) is 32.7 Å². The number of carboxylic acid groups (broad SMARTS) is 1. The smallest absolute Gasteiger partial charge is 0.376 e. The zero-order chi connectivity index (χ0) is 24.0. The molecule has 0 saturated carbocycles. The van der Waals surface area contributed by atoms with Crippen LogP contribution in [0.3, 0.4) is 0 Å². The monoisotopic (exact) mass is 447 g/mol.